The summed E-state index contributed by atoms with van der Waals surface area (Å²) in [6.07, 6.45) is 3.10. The Balaban J connectivity index is 1.59. The van der Waals surface area contributed by atoms with Crippen LogP contribution >= 0.6 is 0 Å². The Morgan fingerprint density at radius 2 is 2.05 bits per heavy atom. The molecule has 20 heavy (non-hydrogen) atoms. The fraction of sp³-hybridized carbons (Fsp3) is 0.643. The average molecular weight is 276 g/mol. The summed E-state index contributed by atoms with van der Waals surface area (Å²) in [4.78, 5) is 22.3. The molecule has 1 saturated carbocycles. The minimum atomic E-state index is -0.364. The molecule has 2 heterocycles. The van der Waals surface area contributed by atoms with Gasteiger partial charge in [0.1, 0.15) is 0 Å². The van der Waals surface area contributed by atoms with Crippen LogP contribution in [-0.2, 0) is 4.74 Å². The Hall–Kier alpha value is -1.69. The molecule has 1 aromatic heterocycles. The monoisotopic (exact) mass is 276 g/mol. The van der Waals surface area contributed by atoms with Crippen LogP contribution < -0.4 is 10.2 Å². The lowest BCUT2D eigenvalue weighted by molar-refractivity contribution is 0.0525. The highest BCUT2D eigenvalue weighted by Gasteiger charge is 2.55. The Bertz CT molecular complexity index is 478. The van der Waals surface area contributed by atoms with E-state index in [1.807, 2.05) is 7.05 Å². The van der Waals surface area contributed by atoms with Gasteiger partial charge >= 0.3 is 5.97 Å². The second-order valence-corrected chi connectivity index (χ2v) is 5.45. The van der Waals surface area contributed by atoms with E-state index >= 15 is 0 Å². The highest BCUT2D eigenvalue weighted by atomic mass is 16.5. The summed E-state index contributed by atoms with van der Waals surface area (Å²) in [6, 6.07) is 0. The number of nitrogens with zero attached hydrogens (tertiary/aromatic N) is 3. The predicted molar refractivity (Wildman–Crippen MR) is 74.6 cm³/mol. The molecule has 2 aliphatic rings. The van der Waals surface area contributed by atoms with E-state index < -0.39 is 0 Å². The average Bonchev–Trinajstić information content (AvgIpc) is 2.92. The Morgan fingerprint density at radius 1 is 1.40 bits per heavy atom. The molecule has 1 saturated heterocycles. The minimum Gasteiger partial charge on any atom is -0.462 e. The van der Waals surface area contributed by atoms with E-state index in [-0.39, 0.29) is 5.97 Å². The van der Waals surface area contributed by atoms with Crippen molar-refractivity contribution in [1.29, 1.82) is 0 Å². The highest BCUT2D eigenvalue weighted by Crippen LogP contribution is 2.51. The molecule has 0 bridgehead atoms. The van der Waals surface area contributed by atoms with E-state index in [0.29, 0.717) is 18.1 Å². The predicted octanol–water partition coefficient (Wildman–Crippen LogP) is 0.555. The van der Waals surface area contributed by atoms with Crippen molar-refractivity contribution < 1.29 is 9.53 Å². The first kappa shape index (κ1) is 13.3. The molecule has 2 unspecified atom stereocenters. The van der Waals surface area contributed by atoms with Crippen LogP contribution in [0.4, 0.5) is 5.95 Å². The van der Waals surface area contributed by atoms with E-state index in [4.69, 9.17) is 4.74 Å². The third-order valence-electron chi connectivity index (χ3n) is 4.24. The molecule has 0 radical (unpaired) electrons. The molecule has 1 aliphatic heterocycles. The maximum Gasteiger partial charge on any atom is 0.341 e. The van der Waals surface area contributed by atoms with Gasteiger partial charge in [-0.3, -0.25) is 0 Å². The third kappa shape index (κ3) is 2.35. The fourth-order valence-electron chi connectivity index (χ4n) is 3.16. The van der Waals surface area contributed by atoms with Gasteiger partial charge in [-0.25, -0.2) is 14.8 Å². The number of hydrogen-bond acceptors (Lipinski definition) is 6. The van der Waals surface area contributed by atoms with E-state index in [2.05, 4.69) is 20.2 Å². The topological polar surface area (TPSA) is 67.3 Å². The first-order valence-corrected chi connectivity index (χ1v) is 7.13. The number of fused-ring (bicyclic) bond motifs is 1. The number of nitrogens with one attached hydrogen (secondary N) is 1. The van der Waals surface area contributed by atoms with Gasteiger partial charge in [-0.2, -0.15) is 0 Å². The molecule has 0 aromatic carbocycles. The van der Waals surface area contributed by atoms with Gasteiger partial charge in [0.2, 0.25) is 5.95 Å². The van der Waals surface area contributed by atoms with Crippen LogP contribution in [0, 0.1) is 17.8 Å². The molecule has 0 amide bonds. The van der Waals surface area contributed by atoms with Crippen molar-refractivity contribution in [2.75, 3.05) is 38.2 Å². The van der Waals surface area contributed by atoms with Crippen LogP contribution in [0.15, 0.2) is 12.4 Å². The summed E-state index contributed by atoms with van der Waals surface area (Å²) < 4.78 is 4.92. The Labute approximate surface area is 118 Å². The highest BCUT2D eigenvalue weighted by molar-refractivity contribution is 5.88. The molecule has 6 heteroatoms. The van der Waals surface area contributed by atoms with Crippen molar-refractivity contribution >= 4 is 11.9 Å². The van der Waals surface area contributed by atoms with Gasteiger partial charge in [0.15, 0.2) is 0 Å². The lowest BCUT2D eigenvalue weighted by atomic mass is 10.2. The van der Waals surface area contributed by atoms with Gasteiger partial charge in [0.25, 0.3) is 0 Å². The molecule has 6 nitrogen and oxygen atoms in total. The molecule has 1 aromatic rings. The number of carbonyl (C=O) groups is 1. The smallest absolute Gasteiger partial charge is 0.341 e. The summed E-state index contributed by atoms with van der Waals surface area (Å²) in [5.41, 5.74) is 0.410. The quantitative estimate of drug-likeness (QED) is 0.792. The second kappa shape index (κ2) is 5.36. The summed E-state index contributed by atoms with van der Waals surface area (Å²) >= 11 is 0. The zero-order valence-electron chi connectivity index (χ0n) is 11.9. The molecular weight excluding hydrogens is 256 g/mol. The van der Waals surface area contributed by atoms with Crippen LogP contribution in [0.2, 0.25) is 0 Å². The summed E-state index contributed by atoms with van der Waals surface area (Å²) in [5.74, 6) is 2.72. The zero-order valence-corrected chi connectivity index (χ0v) is 11.9. The van der Waals surface area contributed by atoms with Gasteiger partial charge in [-0.1, -0.05) is 0 Å². The van der Waals surface area contributed by atoms with E-state index in [9.17, 15) is 4.79 Å². The van der Waals surface area contributed by atoms with E-state index in [1.54, 1.807) is 19.3 Å². The number of carbonyl (C=O) groups excluding carboxylic acids is 1. The number of esters is 1. The normalized spacial score (nSPS) is 27.3. The molecule has 1 aliphatic carbocycles. The molecule has 2 fully saturated rings. The van der Waals surface area contributed by atoms with Crippen molar-refractivity contribution in [1.82, 2.24) is 15.3 Å². The molecule has 0 spiro atoms. The van der Waals surface area contributed by atoms with Crippen molar-refractivity contribution in [2.24, 2.45) is 17.8 Å². The summed E-state index contributed by atoms with van der Waals surface area (Å²) in [7, 11) is 2.00. The van der Waals surface area contributed by atoms with Crippen LogP contribution in [0.25, 0.3) is 0 Å². The second-order valence-electron chi connectivity index (χ2n) is 5.45. The van der Waals surface area contributed by atoms with Crippen LogP contribution in [0.1, 0.15) is 17.3 Å². The number of anilines is 1. The third-order valence-corrected chi connectivity index (χ3v) is 4.24. The largest absolute Gasteiger partial charge is 0.462 e. The first-order chi connectivity index (χ1) is 9.74. The number of piperidine rings is 1. The standard InChI is InChI=1S/C14H20N4O2/c1-3-20-13(19)9-4-16-14(17-5-9)18-7-11-10(6-15-2)12(11)8-18/h4-5,10-12,15H,3,6-8H2,1-2H3. The molecular formula is C14H20N4O2. The molecule has 2 atom stereocenters. The SMILES string of the molecule is CCOC(=O)c1cnc(N2CC3C(CNC)C3C2)nc1. The lowest BCUT2D eigenvalue weighted by Gasteiger charge is -2.19. The van der Waals surface area contributed by atoms with Crippen LogP contribution in [0.5, 0.6) is 0 Å². The maximum absolute atomic E-state index is 11.5. The summed E-state index contributed by atoms with van der Waals surface area (Å²) in [5, 5.41) is 3.24. The number of ether oxygens (including phenoxy) is 1. The van der Waals surface area contributed by atoms with Crippen molar-refractivity contribution in [2.45, 2.75) is 6.92 Å². The minimum absolute atomic E-state index is 0.364. The number of aromatic nitrogens is 2. The number of hydrogen-bond donors (Lipinski definition) is 1. The van der Waals surface area contributed by atoms with E-state index in [1.165, 1.54) is 0 Å². The van der Waals surface area contributed by atoms with Crippen LogP contribution in [0.3, 0.4) is 0 Å². The van der Waals surface area contributed by atoms with Gasteiger partial charge in [-0.05, 0) is 38.3 Å². The molecule has 1 N–H and O–H groups in total. The first-order valence-electron chi connectivity index (χ1n) is 7.13. The van der Waals surface area contributed by atoms with Gasteiger partial charge in [0.05, 0.1) is 12.2 Å². The fourth-order valence-corrected chi connectivity index (χ4v) is 3.16. The zero-order chi connectivity index (χ0) is 14.1. The maximum atomic E-state index is 11.5. The van der Waals surface area contributed by atoms with Crippen LogP contribution in [-0.4, -0.2) is 49.2 Å². The van der Waals surface area contributed by atoms with Crippen molar-refractivity contribution in [3.05, 3.63) is 18.0 Å². The lowest BCUT2D eigenvalue weighted by Crippen LogP contribution is -2.28. The van der Waals surface area contributed by atoms with Gasteiger partial charge in [-0.15, -0.1) is 0 Å². The van der Waals surface area contributed by atoms with Crippen molar-refractivity contribution in [3.8, 4) is 0 Å². The Morgan fingerprint density at radius 3 is 2.60 bits per heavy atom. The van der Waals surface area contributed by atoms with E-state index in [0.717, 1.165) is 37.4 Å². The summed E-state index contributed by atoms with van der Waals surface area (Å²) in [6.45, 7) is 5.30. The van der Waals surface area contributed by atoms with Crippen molar-refractivity contribution in [3.63, 3.8) is 0 Å². The molecule has 3 rings (SSSR count). The van der Waals surface area contributed by atoms with Gasteiger partial charge in [0, 0.05) is 25.5 Å². The molecule has 108 valence electrons. The number of rotatable bonds is 5. The van der Waals surface area contributed by atoms with Gasteiger partial charge < -0.3 is 15.0 Å². The Kier molecular flexibility index (Phi) is 3.56.